The van der Waals surface area contributed by atoms with Crippen molar-refractivity contribution in [3.63, 3.8) is 0 Å². The lowest BCUT2D eigenvalue weighted by molar-refractivity contribution is 0.290. The molecular formula is C22H18FN3S. The summed E-state index contributed by atoms with van der Waals surface area (Å²) in [5.74, 6) is 0.0340. The van der Waals surface area contributed by atoms with E-state index in [9.17, 15) is 0 Å². The van der Waals surface area contributed by atoms with E-state index in [0.717, 1.165) is 17.7 Å². The molecule has 3 nitrogen and oxygen atoms in total. The van der Waals surface area contributed by atoms with Gasteiger partial charge in [-0.3, -0.25) is 0 Å². The van der Waals surface area contributed by atoms with Gasteiger partial charge in [0.1, 0.15) is 12.1 Å². The monoisotopic (exact) mass is 375 g/mol. The van der Waals surface area contributed by atoms with Crippen molar-refractivity contribution in [3.8, 4) is 11.1 Å². The zero-order chi connectivity index (χ0) is 18.4. The number of rotatable bonds is 2. The number of fused-ring (bicyclic) bond motifs is 2. The first-order valence-corrected chi connectivity index (χ1v) is 9.76. The molecule has 0 spiro atoms. The van der Waals surface area contributed by atoms with Crippen LogP contribution in [0.3, 0.4) is 0 Å². The summed E-state index contributed by atoms with van der Waals surface area (Å²) in [7, 11) is 2.06. The van der Waals surface area contributed by atoms with Gasteiger partial charge in [-0.15, -0.1) is 11.3 Å². The molecular weight excluding hydrogens is 357 g/mol. The smallest absolute Gasteiger partial charge is 0.135 e. The second-order valence-electron chi connectivity index (χ2n) is 7.06. The lowest BCUT2D eigenvalue weighted by Crippen LogP contribution is -2.31. The highest BCUT2D eigenvalue weighted by atomic mass is 32.1. The molecule has 0 aliphatic carbocycles. The van der Waals surface area contributed by atoms with Gasteiger partial charge in [-0.25, -0.2) is 14.4 Å². The molecule has 3 heterocycles. The number of halogens is 1. The van der Waals surface area contributed by atoms with Gasteiger partial charge in [0.15, 0.2) is 0 Å². The van der Waals surface area contributed by atoms with Crippen LogP contribution in [0.25, 0.3) is 21.2 Å². The molecule has 0 saturated heterocycles. The van der Waals surface area contributed by atoms with Gasteiger partial charge in [0, 0.05) is 57.7 Å². The van der Waals surface area contributed by atoms with Crippen molar-refractivity contribution in [2.75, 3.05) is 13.6 Å². The fourth-order valence-corrected chi connectivity index (χ4v) is 5.12. The molecule has 0 amide bonds. The summed E-state index contributed by atoms with van der Waals surface area (Å²) in [6.45, 7) is 1.51. The summed E-state index contributed by atoms with van der Waals surface area (Å²) >= 11 is 1.81. The fraction of sp³-hybridized carbons (Fsp3) is 0.182. The highest BCUT2D eigenvalue weighted by Gasteiger charge is 2.29. The standard InChI is InChI=1S/C22H18FN3S/c1-26-11-18(21-8-14-4-2-3-5-20(14)27-21)17-7-6-16(22(23)19(17)12-26)15-9-24-13-25-10-15/h2-10,13,18H,11-12H2,1H3. The molecule has 2 aromatic heterocycles. The summed E-state index contributed by atoms with van der Waals surface area (Å²) < 4.78 is 16.7. The average molecular weight is 375 g/mol. The van der Waals surface area contributed by atoms with E-state index in [1.54, 1.807) is 23.7 Å². The molecule has 134 valence electrons. The molecule has 2 aromatic carbocycles. The minimum atomic E-state index is -0.153. The average Bonchev–Trinajstić information content (AvgIpc) is 3.13. The van der Waals surface area contributed by atoms with E-state index >= 15 is 4.39 Å². The topological polar surface area (TPSA) is 29.0 Å². The number of hydrogen-bond acceptors (Lipinski definition) is 4. The zero-order valence-corrected chi connectivity index (χ0v) is 15.7. The molecule has 4 aromatic rings. The van der Waals surface area contributed by atoms with Gasteiger partial charge in [-0.1, -0.05) is 30.3 Å². The molecule has 0 bridgehead atoms. The summed E-state index contributed by atoms with van der Waals surface area (Å²) in [5, 5.41) is 1.26. The van der Waals surface area contributed by atoms with Crippen molar-refractivity contribution >= 4 is 21.4 Å². The van der Waals surface area contributed by atoms with Crippen LogP contribution in [0.5, 0.6) is 0 Å². The molecule has 0 N–H and O–H groups in total. The van der Waals surface area contributed by atoms with Crippen LogP contribution in [0.15, 0.2) is 61.2 Å². The van der Waals surface area contributed by atoms with Crippen LogP contribution in [0.2, 0.25) is 0 Å². The SMILES string of the molecule is CN1Cc2c(ccc(-c3cncnc3)c2F)C(c2cc3ccccc3s2)C1. The number of nitrogens with zero attached hydrogens (tertiary/aromatic N) is 3. The lowest BCUT2D eigenvalue weighted by Gasteiger charge is -2.32. The van der Waals surface area contributed by atoms with E-state index in [1.165, 1.54) is 21.3 Å². The van der Waals surface area contributed by atoms with Crippen LogP contribution in [0.1, 0.15) is 21.9 Å². The largest absolute Gasteiger partial charge is 0.301 e. The first kappa shape index (κ1) is 16.5. The van der Waals surface area contributed by atoms with Crippen molar-refractivity contribution in [2.45, 2.75) is 12.5 Å². The molecule has 5 heteroatoms. The molecule has 1 aliphatic rings. The van der Waals surface area contributed by atoms with Crippen LogP contribution in [0.4, 0.5) is 4.39 Å². The van der Waals surface area contributed by atoms with Gasteiger partial charge in [0.05, 0.1) is 0 Å². The van der Waals surface area contributed by atoms with E-state index in [-0.39, 0.29) is 11.7 Å². The minimum Gasteiger partial charge on any atom is -0.301 e. The third-order valence-corrected chi connectivity index (χ3v) is 6.47. The summed E-state index contributed by atoms with van der Waals surface area (Å²) in [4.78, 5) is 11.6. The third kappa shape index (κ3) is 2.83. The Balaban J connectivity index is 1.64. The van der Waals surface area contributed by atoms with Crippen LogP contribution in [-0.4, -0.2) is 28.5 Å². The van der Waals surface area contributed by atoms with Gasteiger partial charge in [-0.2, -0.15) is 0 Å². The number of hydrogen-bond donors (Lipinski definition) is 0. The zero-order valence-electron chi connectivity index (χ0n) is 14.9. The molecule has 1 atom stereocenters. The molecule has 0 saturated carbocycles. The molecule has 0 fully saturated rings. The second kappa shape index (κ2) is 6.51. The minimum absolute atomic E-state index is 0.153. The third-order valence-electron chi connectivity index (χ3n) is 5.24. The fourth-order valence-electron chi connectivity index (χ4n) is 3.95. The van der Waals surface area contributed by atoms with E-state index in [2.05, 4.69) is 58.3 Å². The Morgan fingerprint density at radius 2 is 1.93 bits per heavy atom. The van der Waals surface area contributed by atoms with Gasteiger partial charge in [-0.05, 0) is 30.1 Å². The molecule has 5 rings (SSSR count). The number of benzene rings is 2. The van der Waals surface area contributed by atoms with Crippen molar-refractivity contribution in [3.05, 3.63) is 83.0 Å². The Labute approximate surface area is 161 Å². The first-order valence-electron chi connectivity index (χ1n) is 8.94. The predicted molar refractivity (Wildman–Crippen MR) is 107 cm³/mol. The van der Waals surface area contributed by atoms with Crippen molar-refractivity contribution in [2.24, 2.45) is 0 Å². The highest BCUT2D eigenvalue weighted by Crippen LogP contribution is 2.41. The molecule has 27 heavy (non-hydrogen) atoms. The Morgan fingerprint density at radius 3 is 2.74 bits per heavy atom. The predicted octanol–water partition coefficient (Wildman–Crippen LogP) is 5.07. The van der Waals surface area contributed by atoms with E-state index in [4.69, 9.17) is 0 Å². The van der Waals surface area contributed by atoms with Gasteiger partial charge >= 0.3 is 0 Å². The van der Waals surface area contributed by atoms with E-state index in [0.29, 0.717) is 17.7 Å². The van der Waals surface area contributed by atoms with E-state index < -0.39 is 0 Å². The van der Waals surface area contributed by atoms with Crippen molar-refractivity contribution in [1.82, 2.24) is 14.9 Å². The maximum Gasteiger partial charge on any atom is 0.135 e. The van der Waals surface area contributed by atoms with Crippen LogP contribution >= 0.6 is 11.3 Å². The molecule has 0 radical (unpaired) electrons. The van der Waals surface area contributed by atoms with Gasteiger partial charge in [0.25, 0.3) is 0 Å². The summed E-state index contributed by atoms with van der Waals surface area (Å²) in [6, 6.07) is 14.6. The maximum absolute atomic E-state index is 15.4. The lowest BCUT2D eigenvalue weighted by atomic mass is 9.86. The summed E-state index contributed by atoms with van der Waals surface area (Å²) in [6.07, 6.45) is 4.78. The van der Waals surface area contributed by atoms with Crippen LogP contribution in [0, 0.1) is 5.82 Å². The van der Waals surface area contributed by atoms with Crippen LogP contribution < -0.4 is 0 Å². The quantitative estimate of drug-likeness (QED) is 0.489. The number of aromatic nitrogens is 2. The Hall–Kier alpha value is -2.63. The second-order valence-corrected chi connectivity index (χ2v) is 8.17. The first-order chi connectivity index (χ1) is 13.2. The Kier molecular flexibility index (Phi) is 3.99. The normalized spacial score (nSPS) is 17.2. The van der Waals surface area contributed by atoms with Crippen molar-refractivity contribution in [1.29, 1.82) is 0 Å². The Morgan fingerprint density at radius 1 is 1.11 bits per heavy atom. The number of likely N-dealkylation sites (N-methyl/N-ethyl adjacent to an activating group) is 1. The highest BCUT2D eigenvalue weighted by molar-refractivity contribution is 7.19. The van der Waals surface area contributed by atoms with E-state index in [1.807, 2.05) is 6.07 Å². The molecule has 1 unspecified atom stereocenters. The van der Waals surface area contributed by atoms with Crippen LogP contribution in [-0.2, 0) is 6.54 Å². The Bertz CT molecular complexity index is 1090. The van der Waals surface area contributed by atoms with Crippen molar-refractivity contribution < 1.29 is 4.39 Å². The maximum atomic E-state index is 15.4. The van der Waals surface area contributed by atoms with Gasteiger partial charge < -0.3 is 4.90 Å². The summed E-state index contributed by atoms with van der Waals surface area (Å²) in [5.41, 5.74) is 3.16. The van der Waals surface area contributed by atoms with Gasteiger partial charge in [0.2, 0.25) is 0 Å². The number of thiophene rings is 1. The molecule has 1 aliphatic heterocycles.